The number of nitrogens with zero attached hydrogens (tertiary/aromatic N) is 1. The maximum Gasteiger partial charge on any atom is 0.0540 e. The van der Waals surface area contributed by atoms with Gasteiger partial charge in [-0.3, -0.25) is 0 Å². The van der Waals surface area contributed by atoms with E-state index in [-0.39, 0.29) is 0 Å². The molecule has 10 aromatic carbocycles. The van der Waals surface area contributed by atoms with Gasteiger partial charge in [-0.2, -0.15) is 0 Å². The van der Waals surface area contributed by atoms with Gasteiger partial charge in [0.1, 0.15) is 0 Å². The Hall–Kier alpha value is -7.78. The summed E-state index contributed by atoms with van der Waals surface area (Å²) in [6.45, 7) is 0. The summed E-state index contributed by atoms with van der Waals surface area (Å²) in [5.41, 5.74) is 17.7. The van der Waals surface area contributed by atoms with E-state index in [0.717, 1.165) is 22.6 Å². The Balaban J connectivity index is 1.09. The molecule has 1 aromatic heterocycles. The van der Waals surface area contributed by atoms with Crippen LogP contribution in [0.15, 0.2) is 249 Å². The van der Waals surface area contributed by atoms with E-state index in [4.69, 9.17) is 0 Å². The molecule has 0 bridgehead atoms. The predicted octanol–water partition coefficient (Wildman–Crippen LogP) is 17.5. The van der Waals surface area contributed by atoms with Gasteiger partial charge in [0, 0.05) is 37.1 Å². The van der Waals surface area contributed by atoms with Crippen LogP contribution in [0.5, 0.6) is 0 Å². The minimum Gasteiger partial charge on any atom is -0.310 e. The molecular weight excluding hydrogens is 767 g/mol. The lowest BCUT2D eigenvalue weighted by molar-refractivity contribution is 1.28. The first-order chi connectivity index (χ1) is 30.8. The van der Waals surface area contributed by atoms with Crippen LogP contribution in [0.25, 0.3) is 86.9 Å². The molecule has 0 N–H and O–H groups in total. The Morgan fingerprint density at radius 3 is 1.35 bits per heavy atom. The standard InChI is InChI=1S/C60H41NS/c1-3-19-42(20-4-1)48-25-7-8-26-49(48)44-37-39-46(40-38-44)61(47-24-17-23-45(41-47)51-33-18-34-57-56-32-14-16-36-59(56)62-60(51)57)58-35-15-13-31-55(58)54-30-12-11-29-53(54)52-28-10-9-27-50(52)43-21-5-2-6-22-43/h1-41H. The van der Waals surface area contributed by atoms with Crippen LogP contribution in [0.2, 0.25) is 0 Å². The van der Waals surface area contributed by atoms with Crippen molar-refractivity contribution in [1.29, 1.82) is 0 Å². The molecule has 0 saturated carbocycles. The van der Waals surface area contributed by atoms with Crippen LogP contribution >= 0.6 is 11.3 Å². The number of benzene rings is 10. The lowest BCUT2D eigenvalue weighted by Crippen LogP contribution is -2.11. The van der Waals surface area contributed by atoms with Crippen LogP contribution < -0.4 is 4.90 Å². The van der Waals surface area contributed by atoms with E-state index in [9.17, 15) is 0 Å². The quantitative estimate of drug-likeness (QED) is 0.140. The van der Waals surface area contributed by atoms with Gasteiger partial charge in [0.25, 0.3) is 0 Å². The molecule has 0 amide bonds. The lowest BCUT2D eigenvalue weighted by atomic mass is 9.88. The van der Waals surface area contributed by atoms with Crippen molar-refractivity contribution in [3.63, 3.8) is 0 Å². The van der Waals surface area contributed by atoms with Crippen molar-refractivity contribution in [3.8, 4) is 66.8 Å². The largest absolute Gasteiger partial charge is 0.310 e. The Bertz CT molecular complexity index is 3350. The average Bonchev–Trinajstić information content (AvgIpc) is 3.74. The third kappa shape index (κ3) is 6.87. The number of thiophene rings is 1. The average molecular weight is 808 g/mol. The predicted molar refractivity (Wildman–Crippen MR) is 267 cm³/mol. The first-order valence-corrected chi connectivity index (χ1v) is 22.0. The molecule has 1 nitrogen and oxygen atoms in total. The highest BCUT2D eigenvalue weighted by molar-refractivity contribution is 7.26. The maximum atomic E-state index is 2.44. The second-order valence-electron chi connectivity index (χ2n) is 15.6. The summed E-state index contributed by atoms with van der Waals surface area (Å²) in [5, 5.41) is 2.61. The molecule has 0 atom stereocenters. The summed E-state index contributed by atoms with van der Waals surface area (Å²) in [4.78, 5) is 2.44. The van der Waals surface area contributed by atoms with Crippen molar-refractivity contribution in [1.82, 2.24) is 0 Å². The fourth-order valence-electron chi connectivity index (χ4n) is 9.05. The van der Waals surface area contributed by atoms with Crippen LogP contribution in [-0.4, -0.2) is 0 Å². The van der Waals surface area contributed by atoms with Crippen LogP contribution in [0, 0.1) is 0 Å². The van der Waals surface area contributed by atoms with Crippen LogP contribution in [0.3, 0.4) is 0 Å². The minimum atomic E-state index is 1.08. The number of fused-ring (bicyclic) bond motifs is 3. The molecule has 0 fully saturated rings. The highest BCUT2D eigenvalue weighted by Crippen LogP contribution is 2.47. The molecule has 11 aromatic rings. The van der Waals surface area contributed by atoms with Crippen molar-refractivity contribution in [2.75, 3.05) is 4.90 Å². The van der Waals surface area contributed by atoms with Gasteiger partial charge in [0.2, 0.25) is 0 Å². The minimum absolute atomic E-state index is 1.08. The summed E-state index contributed by atoms with van der Waals surface area (Å²) < 4.78 is 2.62. The third-order valence-corrected chi connectivity index (χ3v) is 13.2. The fourth-order valence-corrected chi connectivity index (χ4v) is 10.3. The maximum absolute atomic E-state index is 2.44. The van der Waals surface area contributed by atoms with E-state index in [1.165, 1.54) is 81.4 Å². The normalized spacial score (nSPS) is 11.2. The molecule has 0 saturated heterocycles. The molecule has 0 unspecified atom stereocenters. The molecule has 1 heterocycles. The molecule has 0 aliphatic heterocycles. The SMILES string of the molecule is c1ccc(-c2ccccc2-c2ccc(N(c3cccc(-c4cccc5c4sc4ccccc45)c3)c3ccccc3-c3ccccc3-c3ccccc3-c3ccccc3)cc2)cc1. The lowest BCUT2D eigenvalue weighted by Gasteiger charge is -2.29. The molecule has 0 aliphatic rings. The Labute approximate surface area is 367 Å². The van der Waals surface area contributed by atoms with Gasteiger partial charge in [0.05, 0.1) is 5.69 Å². The molecule has 62 heavy (non-hydrogen) atoms. The van der Waals surface area contributed by atoms with Crippen LogP contribution in [-0.2, 0) is 0 Å². The Morgan fingerprint density at radius 2 is 0.694 bits per heavy atom. The second kappa shape index (κ2) is 16.3. The van der Waals surface area contributed by atoms with Crippen molar-refractivity contribution in [3.05, 3.63) is 249 Å². The zero-order chi connectivity index (χ0) is 41.2. The van der Waals surface area contributed by atoms with Gasteiger partial charge in [-0.25, -0.2) is 0 Å². The number of para-hydroxylation sites is 1. The first-order valence-electron chi connectivity index (χ1n) is 21.2. The van der Waals surface area contributed by atoms with Crippen molar-refractivity contribution in [2.24, 2.45) is 0 Å². The van der Waals surface area contributed by atoms with Crippen LogP contribution in [0.4, 0.5) is 17.1 Å². The van der Waals surface area contributed by atoms with E-state index in [1.807, 2.05) is 11.3 Å². The highest BCUT2D eigenvalue weighted by atomic mass is 32.1. The summed E-state index contributed by atoms with van der Waals surface area (Å²) in [6, 6.07) is 90.3. The molecule has 11 rings (SSSR count). The fraction of sp³-hybridized carbons (Fsp3) is 0. The molecule has 0 aliphatic carbocycles. The van der Waals surface area contributed by atoms with Gasteiger partial charge in [-0.15, -0.1) is 11.3 Å². The molecule has 0 radical (unpaired) electrons. The van der Waals surface area contributed by atoms with E-state index < -0.39 is 0 Å². The van der Waals surface area contributed by atoms with Gasteiger partial charge in [-0.1, -0.05) is 212 Å². The molecule has 2 heteroatoms. The number of hydrogen-bond donors (Lipinski definition) is 0. The van der Waals surface area contributed by atoms with E-state index in [2.05, 4.69) is 254 Å². The van der Waals surface area contributed by atoms with Gasteiger partial charge in [0.15, 0.2) is 0 Å². The Kier molecular flexibility index (Phi) is 9.82. The van der Waals surface area contributed by atoms with Crippen molar-refractivity contribution < 1.29 is 0 Å². The highest BCUT2D eigenvalue weighted by Gasteiger charge is 2.21. The second-order valence-corrected chi connectivity index (χ2v) is 16.7. The molecule has 292 valence electrons. The van der Waals surface area contributed by atoms with E-state index in [0.29, 0.717) is 0 Å². The zero-order valence-corrected chi connectivity index (χ0v) is 34.8. The summed E-state index contributed by atoms with van der Waals surface area (Å²) in [6.07, 6.45) is 0. The summed E-state index contributed by atoms with van der Waals surface area (Å²) >= 11 is 1.87. The monoisotopic (exact) mass is 807 g/mol. The summed E-state index contributed by atoms with van der Waals surface area (Å²) in [7, 11) is 0. The van der Waals surface area contributed by atoms with Gasteiger partial charge < -0.3 is 4.90 Å². The van der Waals surface area contributed by atoms with Gasteiger partial charge >= 0.3 is 0 Å². The Morgan fingerprint density at radius 1 is 0.258 bits per heavy atom. The number of hydrogen-bond acceptors (Lipinski definition) is 2. The van der Waals surface area contributed by atoms with E-state index in [1.54, 1.807) is 0 Å². The zero-order valence-electron chi connectivity index (χ0n) is 34.0. The smallest absolute Gasteiger partial charge is 0.0540 e. The van der Waals surface area contributed by atoms with Crippen molar-refractivity contribution in [2.45, 2.75) is 0 Å². The van der Waals surface area contributed by atoms with Gasteiger partial charge in [-0.05, 0) is 97.6 Å². The number of anilines is 3. The molecular formula is C60H41NS. The number of rotatable bonds is 9. The van der Waals surface area contributed by atoms with E-state index >= 15 is 0 Å². The van der Waals surface area contributed by atoms with Crippen LogP contribution in [0.1, 0.15) is 0 Å². The van der Waals surface area contributed by atoms with Crippen molar-refractivity contribution >= 4 is 48.6 Å². The third-order valence-electron chi connectivity index (χ3n) is 11.9. The molecule has 0 spiro atoms. The first kappa shape index (κ1) is 37.2. The summed E-state index contributed by atoms with van der Waals surface area (Å²) in [5.74, 6) is 0. The topological polar surface area (TPSA) is 3.24 Å².